The van der Waals surface area contributed by atoms with Crippen molar-refractivity contribution in [2.24, 2.45) is 0 Å². The molecule has 0 saturated carbocycles. The maximum atomic E-state index is 3.78. The van der Waals surface area contributed by atoms with Crippen molar-refractivity contribution < 1.29 is 19.8 Å². The molecule has 0 N–H and O–H groups in total. The molecule has 1 heterocycles. The molecular weight excluding hydrogens is 727 g/mol. The monoisotopic (exact) mass is 752 g/mol. The maximum Gasteiger partial charge on any atom is 2.00 e. The van der Waals surface area contributed by atoms with E-state index in [2.05, 4.69) is 152 Å². The normalized spacial score (nSPS) is 11.5. The molecule has 0 amide bonds. The van der Waals surface area contributed by atoms with E-state index in [1.807, 2.05) is 17.4 Å². The van der Waals surface area contributed by atoms with Crippen LogP contribution in [0.25, 0.3) is 85.9 Å². The van der Waals surface area contributed by atoms with Gasteiger partial charge in [0.15, 0.2) is 0 Å². The van der Waals surface area contributed by atoms with E-state index in [4.69, 9.17) is 0 Å². The molecule has 0 aliphatic heterocycles. The fourth-order valence-corrected chi connectivity index (χ4v) is 7.80. The van der Waals surface area contributed by atoms with E-state index < -0.39 is 0 Å². The summed E-state index contributed by atoms with van der Waals surface area (Å²) in [6, 6.07) is 60.0. The zero-order valence-corrected chi connectivity index (χ0v) is 27.0. The summed E-state index contributed by atoms with van der Waals surface area (Å²) >= 11 is 1.86. The first-order valence-corrected chi connectivity index (χ1v) is 15.4. The SMILES string of the molecule is [Os+2].[c-]1cccc(-c2ccc(-c3ccc4sc5ccccc5c4c3)c3ccccc23)c1-c1[c-]c2ccccc2c2ccccc12. The first-order chi connectivity index (χ1) is 21.3. The molecule has 2 heteroatoms. The van der Waals surface area contributed by atoms with E-state index in [0.29, 0.717) is 0 Å². The average molecular weight is 751 g/mol. The molecule has 44 heavy (non-hydrogen) atoms. The second-order valence-electron chi connectivity index (χ2n) is 11.1. The molecule has 0 aliphatic carbocycles. The van der Waals surface area contributed by atoms with Crippen LogP contribution in [-0.2, 0) is 19.8 Å². The standard InChI is InChI=1S/C42H24S.Os/c1-2-12-29-27(11-1)25-39(35-17-7-4-13-31(29)35)36-18-8-6-16-34(36)37-23-22-30(32-14-3-5-15-33(32)37)28-21-24-42-40(26-28)38-19-9-10-20-41(38)43-42;/h1-17,19-24,26H;/q-2;+2. The van der Waals surface area contributed by atoms with Crippen LogP contribution in [0.2, 0.25) is 0 Å². The Hall–Kier alpha value is -4.60. The van der Waals surface area contributed by atoms with Gasteiger partial charge in [-0.3, -0.25) is 0 Å². The van der Waals surface area contributed by atoms with Crippen molar-refractivity contribution in [1.29, 1.82) is 0 Å². The number of hydrogen-bond donors (Lipinski definition) is 0. The Bertz CT molecular complexity index is 2520. The van der Waals surface area contributed by atoms with E-state index in [0.717, 1.165) is 16.5 Å². The first kappa shape index (κ1) is 27.0. The fraction of sp³-hybridized carbons (Fsp3) is 0. The van der Waals surface area contributed by atoms with Crippen LogP contribution in [0.4, 0.5) is 0 Å². The molecule has 0 bridgehead atoms. The van der Waals surface area contributed by atoms with Crippen molar-refractivity contribution >= 4 is 63.8 Å². The number of rotatable bonds is 3. The van der Waals surface area contributed by atoms with Crippen molar-refractivity contribution in [2.75, 3.05) is 0 Å². The smallest absolute Gasteiger partial charge is 0.201 e. The third kappa shape index (κ3) is 4.22. The quantitative estimate of drug-likeness (QED) is 0.125. The molecular formula is C42H24OsS. The summed E-state index contributed by atoms with van der Waals surface area (Å²) < 4.78 is 2.66. The molecule has 0 radical (unpaired) electrons. The van der Waals surface area contributed by atoms with Crippen LogP contribution in [-0.4, -0.2) is 0 Å². The van der Waals surface area contributed by atoms with Gasteiger partial charge in [0.1, 0.15) is 0 Å². The zero-order chi connectivity index (χ0) is 28.3. The van der Waals surface area contributed by atoms with Crippen LogP contribution >= 0.6 is 11.3 Å². The molecule has 1 aromatic heterocycles. The minimum Gasteiger partial charge on any atom is -0.201 e. The van der Waals surface area contributed by atoms with Gasteiger partial charge in [-0.15, -0.1) is 45.9 Å². The van der Waals surface area contributed by atoms with Crippen molar-refractivity contribution in [1.82, 2.24) is 0 Å². The van der Waals surface area contributed by atoms with E-state index in [-0.39, 0.29) is 19.8 Å². The number of hydrogen-bond acceptors (Lipinski definition) is 1. The molecule has 0 atom stereocenters. The summed E-state index contributed by atoms with van der Waals surface area (Å²) in [6.07, 6.45) is 0. The Kier molecular flexibility index (Phi) is 6.64. The van der Waals surface area contributed by atoms with E-state index in [1.54, 1.807) is 0 Å². The molecule has 206 valence electrons. The fourth-order valence-electron chi connectivity index (χ4n) is 6.71. The Morgan fingerprint density at radius 3 is 1.89 bits per heavy atom. The first-order valence-electron chi connectivity index (χ1n) is 14.6. The van der Waals surface area contributed by atoms with E-state index in [9.17, 15) is 0 Å². The summed E-state index contributed by atoms with van der Waals surface area (Å²) in [7, 11) is 0. The van der Waals surface area contributed by atoms with Gasteiger partial charge in [0.05, 0.1) is 0 Å². The molecule has 0 fully saturated rings. The Morgan fingerprint density at radius 2 is 1.05 bits per heavy atom. The summed E-state index contributed by atoms with van der Waals surface area (Å²) in [5, 5.41) is 9.93. The topological polar surface area (TPSA) is 0 Å². The van der Waals surface area contributed by atoms with Gasteiger partial charge in [0, 0.05) is 20.2 Å². The van der Waals surface area contributed by atoms with Gasteiger partial charge < -0.3 is 0 Å². The second kappa shape index (κ2) is 10.8. The second-order valence-corrected chi connectivity index (χ2v) is 12.1. The minimum absolute atomic E-state index is 0. The Balaban J connectivity index is 0.00000289. The van der Waals surface area contributed by atoms with Gasteiger partial charge in [-0.25, -0.2) is 5.56 Å². The molecule has 8 aromatic carbocycles. The zero-order valence-electron chi connectivity index (χ0n) is 23.6. The van der Waals surface area contributed by atoms with Crippen LogP contribution < -0.4 is 0 Å². The van der Waals surface area contributed by atoms with Gasteiger partial charge >= 0.3 is 19.8 Å². The van der Waals surface area contributed by atoms with E-state index >= 15 is 0 Å². The Morgan fingerprint density at radius 1 is 0.409 bits per heavy atom. The van der Waals surface area contributed by atoms with Crippen molar-refractivity contribution in [3.8, 4) is 33.4 Å². The maximum absolute atomic E-state index is 3.78. The summed E-state index contributed by atoms with van der Waals surface area (Å²) in [4.78, 5) is 0. The molecule has 0 unspecified atom stereocenters. The van der Waals surface area contributed by atoms with Gasteiger partial charge in [-0.05, 0) is 40.1 Å². The van der Waals surface area contributed by atoms with Gasteiger partial charge in [-0.1, -0.05) is 119 Å². The predicted molar refractivity (Wildman–Crippen MR) is 186 cm³/mol. The summed E-state index contributed by atoms with van der Waals surface area (Å²) in [5.41, 5.74) is 7.04. The van der Waals surface area contributed by atoms with E-state index in [1.165, 1.54) is 69.4 Å². The van der Waals surface area contributed by atoms with Gasteiger partial charge in [0.2, 0.25) is 0 Å². The Labute approximate surface area is 273 Å². The van der Waals surface area contributed by atoms with Crippen LogP contribution in [0.1, 0.15) is 0 Å². The number of fused-ring (bicyclic) bond motifs is 7. The molecule has 0 spiro atoms. The largest absolute Gasteiger partial charge is 2.00 e. The van der Waals surface area contributed by atoms with Crippen molar-refractivity contribution in [3.63, 3.8) is 0 Å². The molecule has 0 saturated heterocycles. The third-order valence-corrected chi connectivity index (χ3v) is 9.83. The third-order valence-electron chi connectivity index (χ3n) is 8.68. The van der Waals surface area contributed by atoms with Crippen molar-refractivity contribution in [3.05, 3.63) is 158 Å². The number of benzene rings is 8. The van der Waals surface area contributed by atoms with Crippen molar-refractivity contribution in [2.45, 2.75) is 0 Å². The molecule has 9 aromatic rings. The summed E-state index contributed by atoms with van der Waals surface area (Å²) in [5.74, 6) is 0. The van der Waals surface area contributed by atoms with Gasteiger partial charge in [-0.2, -0.15) is 23.8 Å². The van der Waals surface area contributed by atoms with Gasteiger partial charge in [0.25, 0.3) is 0 Å². The van der Waals surface area contributed by atoms with Crippen LogP contribution in [0, 0.1) is 12.1 Å². The molecule has 0 nitrogen and oxygen atoms in total. The molecule has 9 rings (SSSR count). The predicted octanol–water partition coefficient (Wildman–Crippen LogP) is 12.1. The summed E-state index contributed by atoms with van der Waals surface area (Å²) in [6.45, 7) is 0. The van der Waals surface area contributed by atoms with Crippen LogP contribution in [0.5, 0.6) is 0 Å². The molecule has 0 aliphatic rings. The minimum atomic E-state index is 0. The van der Waals surface area contributed by atoms with Crippen LogP contribution in [0.3, 0.4) is 0 Å². The average Bonchev–Trinajstić information content (AvgIpc) is 3.45. The number of thiophene rings is 1. The van der Waals surface area contributed by atoms with Crippen LogP contribution in [0.15, 0.2) is 146 Å².